The number of hydrogen-bond donors (Lipinski definition) is 0. The van der Waals surface area contributed by atoms with Crippen LogP contribution in [0.15, 0.2) is 61.8 Å². The first-order chi connectivity index (χ1) is 5.41. The molecule has 0 atom stereocenters. The van der Waals surface area contributed by atoms with Crippen molar-refractivity contribution in [3.05, 3.63) is 61.8 Å². The molecule has 0 amide bonds. The summed E-state index contributed by atoms with van der Waals surface area (Å²) in [6.07, 6.45) is 16.3. The van der Waals surface area contributed by atoms with Gasteiger partial charge in [-0.3, -0.25) is 0 Å². The average Bonchev–Trinajstić information content (AvgIpc) is 2.03. The molecule has 0 aromatic carbocycles. The third-order valence-electron chi connectivity index (χ3n) is 1.02. The SMILES string of the molecule is C=CC=CC=CC=CCC=C. The van der Waals surface area contributed by atoms with E-state index in [0.29, 0.717) is 0 Å². The summed E-state index contributed by atoms with van der Waals surface area (Å²) in [5.41, 5.74) is 0. The van der Waals surface area contributed by atoms with Crippen LogP contribution in [0.2, 0.25) is 0 Å². The van der Waals surface area contributed by atoms with Crippen molar-refractivity contribution < 1.29 is 0 Å². The Bertz CT molecular complexity index is 180. The highest BCUT2D eigenvalue weighted by atomic mass is 13.7. The van der Waals surface area contributed by atoms with E-state index in [4.69, 9.17) is 0 Å². The van der Waals surface area contributed by atoms with E-state index in [1.165, 1.54) is 0 Å². The first kappa shape index (κ1) is 9.70. The van der Waals surface area contributed by atoms with Gasteiger partial charge in [-0.05, 0) is 6.42 Å². The van der Waals surface area contributed by atoms with Gasteiger partial charge in [0.1, 0.15) is 0 Å². The predicted octanol–water partition coefficient (Wildman–Crippen LogP) is 3.42. The van der Waals surface area contributed by atoms with E-state index in [0.717, 1.165) is 6.42 Å². The Morgan fingerprint density at radius 1 is 0.818 bits per heavy atom. The summed E-state index contributed by atoms with van der Waals surface area (Å²) in [5.74, 6) is 0. The Labute approximate surface area is 68.9 Å². The van der Waals surface area contributed by atoms with Gasteiger partial charge in [-0.2, -0.15) is 0 Å². The predicted molar refractivity (Wildman–Crippen MR) is 52.4 cm³/mol. The lowest BCUT2D eigenvalue weighted by Crippen LogP contribution is -1.53. The fourth-order valence-corrected chi connectivity index (χ4v) is 0.524. The van der Waals surface area contributed by atoms with Crippen molar-refractivity contribution in [2.45, 2.75) is 6.42 Å². The molecule has 58 valence electrons. The molecule has 11 heavy (non-hydrogen) atoms. The average molecular weight is 146 g/mol. The zero-order valence-electron chi connectivity index (χ0n) is 6.74. The third kappa shape index (κ3) is 8.70. The maximum absolute atomic E-state index is 3.61. The summed E-state index contributed by atoms with van der Waals surface area (Å²) >= 11 is 0. The highest BCUT2D eigenvalue weighted by Gasteiger charge is 1.63. The number of rotatable bonds is 5. The molecule has 0 aromatic rings. The van der Waals surface area contributed by atoms with E-state index in [2.05, 4.69) is 13.2 Å². The molecule has 0 radical (unpaired) electrons. The molecule has 0 aliphatic carbocycles. The fourth-order valence-electron chi connectivity index (χ4n) is 0.524. The molecule has 0 spiro atoms. The molecule has 0 fully saturated rings. The van der Waals surface area contributed by atoms with E-state index in [-0.39, 0.29) is 0 Å². The zero-order chi connectivity index (χ0) is 8.36. The Morgan fingerprint density at radius 3 is 2.09 bits per heavy atom. The summed E-state index contributed by atoms with van der Waals surface area (Å²) in [6, 6.07) is 0. The molecule has 0 N–H and O–H groups in total. The molecule has 0 aromatic heterocycles. The monoisotopic (exact) mass is 146 g/mol. The Balaban J connectivity index is 3.50. The molecule has 0 aliphatic heterocycles. The fraction of sp³-hybridized carbons (Fsp3) is 0.0909. The number of allylic oxidation sites excluding steroid dienone is 8. The van der Waals surface area contributed by atoms with E-state index in [9.17, 15) is 0 Å². The minimum atomic E-state index is 0.926. The normalized spacial score (nSPS) is 11.6. The lowest BCUT2D eigenvalue weighted by atomic mass is 10.3. The van der Waals surface area contributed by atoms with Crippen LogP contribution in [-0.2, 0) is 0 Å². The van der Waals surface area contributed by atoms with Gasteiger partial charge in [0.15, 0.2) is 0 Å². The van der Waals surface area contributed by atoms with Gasteiger partial charge < -0.3 is 0 Å². The van der Waals surface area contributed by atoms with Crippen LogP contribution in [0.25, 0.3) is 0 Å². The minimum absolute atomic E-state index is 0.926. The Hall–Kier alpha value is -1.30. The topological polar surface area (TPSA) is 0 Å². The summed E-state index contributed by atoms with van der Waals surface area (Å²) in [5, 5.41) is 0. The summed E-state index contributed by atoms with van der Waals surface area (Å²) in [7, 11) is 0. The highest BCUT2D eigenvalue weighted by molar-refractivity contribution is 5.14. The summed E-state index contributed by atoms with van der Waals surface area (Å²) < 4.78 is 0. The van der Waals surface area contributed by atoms with Crippen LogP contribution in [0.3, 0.4) is 0 Å². The second kappa shape index (κ2) is 8.70. The quantitative estimate of drug-likeness (QED) is 0.412. The molecular weight excluding hydrogens is 132 g/mol. The summed E-state index contributed by atoms with van der Waals surface area (Å²) in [6.45, 7) is 7.16. The van der Waals surface area contributed by atoms with Crippen LogP contribution in [0.1, 0.15) is 6.42 Å². The van der Waals surface area contributed by atoms with Gasteiger partial charge >= 0.3 is 0 Å². The van der Waals surface area contributed by atoms with E-state index >= 15 is 0 Å². The largest absolute Gasteiger partial charge is 0.103 e. The van der Waals surface area contributed by atoms with Crippen LogP contribution >= 0.6 is 0 Å². The molecule has 0 unspecified atom stereocenters. The van der Waals surface area contributed by atoms with Gasteiger partial charge in [0.05, 0.1) is 0 Å². The maximum Gasteiger partial charge on any atom is -0.0169 e. The molecule has 0 heteroatoms. The van der Waals surface area contributed by atoms with E-state index in [1.54, 1.807) is 6.08 Å². The van der Waals surface area contributed by atoms with Gasteiger partial charge in [0.25, 0.3) is 0 Å². The van der Waals surface area contributed by atoms with Gasteiger partial charge in [0.2, 0.25) is 0 Å². The van der Waals surface area contributed by atoms with Crippen LogP contribution < -0.4 is 0 Å². The number of hydrogen-bond acceptors (Lipinski definition) is 0. The van der Waals surface area contributed by atoms with Crippen molar-refractivity contribution in [3.63, 3.8) is 0 Å². The molecule has 0 rings (SSSR count). The zero-order valence-corrected chi connectivity index (χ0v) is 6.74. The highest BCUT2D eigenvalue weighted by Crippen LogP contribution is 1.85. The standard InChI is InChI=1S/C11H14/c1-3-5-7-9-11-10-8-6-4-2/h3-5,7-11H,1-2,6H2. The Kier molecular flexibility index (Phi) is 7.67. The maximum atomic E-state index is 3.61. The van der Waals surface area contributed by atoms with Gasteiger partial charge in [-0.25, -0.2) is 0 Å². The van der Waals surface area contributed by atoms with Crippen molar-refractivity contribution in [2.24, 2.45) is 0 Å². The molecule has 0 saturated heterocycles. The van der Waals surface area contributed by atoms with Gasteiger partial charge in [-0.1, -0.05) is 55.2 Å². The third-order valence-corrected chi connectivity index (χ3v) is 1.02. The lowest BCUT2D eigenvalue weighted by Gasteiger charge is -1.75. The molecule has 0 heterocycles. The van der Waals surface area contributed by atoms with Crippen LogP contribution in [0.5, 0.6) is 0 Å². The first-order valence-electron chi connectivity index (χ1n) is 3.63. The second-order valence-corrected chi connectivity index (χ2v) is 1.96. The van der Waals surface area contributed by atoms with Crippen molar-refractivity contribution in [3.8, 4) is 0 Å². The summed E-state index contributed by atoms with van der Waals surface area (Å²) in [4.78, 5) is 0. The molecular formula is C11H14. The van der Waals surface area contributed by atoms with Crippen molar-refractivity contribution in [2.75, 3.05) is 0 Å². The smallest absolute Gasteiger partial charge is 0.0169 e. The molecule has 0 bridgehead atoms. The van der Waals surface area contributed by atoms with Gasteiger partial charge in [-0.15, -0.1) is 6.58 Å². The molecule has 0 saturated carbocycles. The van der Waals surface area contributed by atoms with Crippen molar-refractivity contribution >= 4 is 0 Å². The van der Waals surface area contributed by atoms with Crippen molar-refractivity contribution in [1.29, 1.82) is 0 Å². The lowest BCUT2D eigenvalue weighted by molar-refractivity contribution is 1.41. The van der Waals surface area contributed by atoms with Crippen LogP contribution in [0.4, 0.5) is 0 Å². The molecule has 0 nitrogen and oxygen atoms in total. The van der Waals surface area contributed by atoms with Gasteiger partial charge in [0, 0.05) is 0 Å². The van der Waals surface area contributed by atoms with Crippen molar-refractivity contribution in [1.82, 2.24) is 0 Å². The van der Waals surface area contributed by atoms with E-state index < -0.39 is 0 Å². The molecule has 0 aliphatic rings. The second-order valence-electron chi connectivity index (χ2n) is 1.96. The van der Waals surface area contributed by atoms with Crippen LogP contribution in [0, 0.1) is 0 Å². The van der Waals surface area contributed by atoms with E-state index in [1.807, 2.05) is 42.5 Å². The first-order valence-corrected chi connectivity index (χ1v) is 3.63. The van der Waals surface area contributed by atoms with Crippen LogP contribution in [-0.4, -0.2) is 0 Å². The minimum Gasteiger partial charge on any atom is -0.103 e. The Morgan fingerprint density at radius 2 is 1.45 bits per heavy atom.